The maximum absolute atomic E-state index is 11.9. The standard InChI is InChI=1S/C9H9N3O2S3/c10-7-2-1-6(5-8(7)15)17(13,14)12-9-11-3-4-16-9/h1-5,15H,10H2,(H,11,12). The van der Waals surface area contributed by atoms with E-state index in [4.69, 9.17) is 5.73 Å². The van der Waals surface area contributed by atoms with E-state index in [1.54, 1.807) is 5.38 Å². The Balaban J connectivity index is 2.35. The number of anilines is 2. The summed E-state index contributed by atoms with van der Waals surface area (Å²) in [5, 5.41) is 2.01. The molecule has 0 aliphatic heterocycles. The van der Waals surface area contributed by atoms with E-state index >= 15 is 0 Å². The fourth-order valence-electron chi connectivity index (χ4n) is 1.14. The summed E-state index contributed by atoms with van der Waals surface area (Å²) in [5.41, 5.74) is 6.00. The van der Waals surface area contributed by atoms with Crippen LogP contribution in [0.4, 0.5) is 10.8 Å². The Bertz CT molecular complexity index is 623. The number of thiol groups is 1. The summed E-state index contributed by atoms with van der Waals surface area (Å²) in [6.45, 7) is 0. The number of nitrogens with one attached hydrogen (secondary N) is 1. The molecule has 0 aliphatic carbocycles. The van der Waals surface area contributed by atoms with Gasteiger partial charge in [0.1, 0.15) is 0 Å². The van der Waals surface area contributed by atoms with E-state index in [0.29, 0.717) is 15.7 Å². The lowest BCUT2D eigenvalue weighted by Gasteiger charge is -2.06. The van der Waals surface area contributed by atoms with Gasteiger partial charge in [0.25, 0.3) is 10.0 Å². The largest absolute Gasteiger partial charge is 0.398 e. The van der Waals surface area contributed by atoms with Crippen molar-refractivity contribution in [2.75, 3.05) is 10.5 Å². The summed E-state index contributed by atoms with van der Waals surface area (Å²) in [6.07, 6.45) is 1.52. The molecule has 0 spiro atoms. The van der Waals surface area contributed by atoms with Crippen LogP contribution in [0.3, 0.4) is 0 Å². The lowest BCUT2D eigenvalue weighted by molar-refractivity contribution is 0.601. The third-order valence-electron chi connectivity index (χ3n) is 1.97. The maximum Gasteiger partial charge on any atom is 0.263 e. The molecule has 0 fully saturated rings. The number of nitrogens with two attached hydrogens (primary N) is 1. The zero-order chi connectivity index (χ0) is 12.5. The second-order valence-electron chi connectivity index (χ2n) is 3.16. The van der Waals surface area contributed by atoms with E-state index in [-0.39, 0.29) is 4.90 Å². The lowest BCUT2D eigenvalue weighted by Crippen LogP contribution is -2.12. The SMILES string of the molecule is Nc1ccc(S(=O)(=O)Nc2nccs2)cc1S. The van der Waals surface area contributed by atoms with Crippen molar-refractivity contribution >= 4 is 44.8 Å². The Morgan fingerprint density at radius 3 is 2.76 bits per heavy atom. The normalized spacial score (nSPS) is 11.4. The third-order valence-corrected chi connectivity index (χ3v) is 4.51. The number of nitrogens with zero attached hydrogens (tertiary/aromatic N) is 1. The van der Waals surface area contributed by atoms with Crippen molar-refractivity contribution in [3.05, 3.63) is 29.8 Å². The van der Waals surface area contributed by atoms with Crippen LogP contribution in [0.25, 0.3) is 0 Å². The summed E-state index contributed by atoms with van der Waals surface area (Å²) in [4.78, 5) is 4.38. The van der Waals surface area contributed by atoms with Crippen LogP contribution in [0.1, 0.15) is 0 Å². The molecule has 0 unspecified atom stereocenters. The van der Waals surface area contributed by atoms with Gasteiger partial charge in [-0.25, -0.2) is 13.4 Å². The molecule has 5 nitrogen and oxygen atoms in total. The monoisotopic (exact) mass is 287 g/mol. The summed E-state index contributed by atoms with van der Waals surface area (Å²) in [7, 11) is -3.63. The predicted molar refractivity (Wildman–Crippen MR) is 71.0 cm³/mol. The van der Waals surface area contributed by atoms with Crippen molar-refractivity contribution in [1.29, 1.82) is 0 Å². The Kier molecular flexibility index (Phi) is 3.27. The van der Waals surface area contributed by atoms with Gasteiger partial charge in [-0.15, -0.1) is 24.0 Å². The molecule has 1 heterocycles. The number of sulfonamides is 1. The quantitative estimate of drug-likeness (QED) is 0.594. The highest BCUT2D eigenvalue weighted by molar-refractivity contribution is 7.93. The van der Waals surface area contributed by atoms with Crippen molar-refractivity contribution in [3.63, 3.8) is 0 Å². The third kappa shape index (κ3) is 2.71. The van der Waals surface area contributed by atoms with Crippen LogP contribution in [0.5, 0.6) is 0 Å². The van der Waals surface area contributed by atoms with Gasteiger partial charge in [0, 0.05) is 22.2 Å². The minimum absolute atomic E-state index is 0.104. The smallest absolute Gasteiger partial charge is 0.263 e. The number of nitrogen functional groups attached to an aromatic ring is 1. The van der Waals surface area contributed by atoms with Crippen molar-refractivity contribution in [3.8, 4) is 0 Å². The molecular weight excluding hydrogens is 278 g/mol. The lowest BCUT2D eigenvalue weighted by atomic mass is 10.3. The van der Waals surface area contributed by atoms with E-state index in [1.807, 2.05) is 0 Å². The predicted octanol–water partition coefficient (Wildman–Crippen LogP) is 1.81. The van der Waals surface area contributed by atoms with Gasteiger partial charge in [-0.3, -0.25) is 4.72 Å². The zero-order valence-corrected chi connectivity index (χ0v) is 11.0. The fraction of sp³-hybridized carbons (Fsp3) is 0. The summed E-state index contributed by atoms with van der Waals surface area (Å²) in [6, 6.07) is 4.32. The Hall–Kier alpha value is -1.25. The van der Waals surface area contributed by atoms with Gasteiger partial charge < -0.3 is 5.73 Å². The average Bonchev–Trinajstić information content (AvgIpc) is 2.73. The molecule has 17 heavy (non-hydrogen) atoms. The first-order chi connectivity index (χ1) is 7.99. The number of hydrogen-bond acceptors (Lipinski definition) is 6. The molecule has 1 aromatic heterocycles. The highest BCUT2D eigenvalue weighted by atomic mass is 32.2. The van der Waals surface area contributed by atoms with Gasteiger partial charge in [-0.2, -0.15) is 0 Å². The van der Waals surface area contributed by atoms with Crippen LogP contribution in [0.15, 0.2) is 39.6 Å². The summed E-state index contributed by atoms with van der Waals surface area (Å²) < 4.78 is 26.3. The molecular formula is C9H9N3O2S3. The second kappa shape index (κ2) is 4.55. The average molecular weight is 287 g/mol. The zero-order valence-electron chi connectivity index (χ0n) is 8.49. The summed E-state index contributed by atoms with van der Waals surface area (Å²) >= 11 is 5.29. The van der Waals surface area contributed by atoms with Crippen molar-refractivity contribution < 1.29 is 8.42 Å². The first-order valence-electron chi connectivity index (χ1n) is 4.50. The highest BCUT2D eigenvalue weighted by Crippen LogP contribution is 2.23. The number of thiazole rings is 1. The number of rotatable bonds is 3. The first kappa shape index (κ1) is 12.2. The molecule has 0 saturated carbocycles. The molecule has 0 atom stereocenters. The molecule has 0 saturated heterocycles. The van der Waals surface area contributed by atoms with Gasteiger partial charge in [0.15, 0.2) is 5.13 Å². The molecule has 1 aromatic carbocycles. The van der Waals surface area contributed by atoms with E-state index in [0.717, 1.165) is 0 Å². The maximum atomic E-state index is 11.9. The fourth-order valence-corrected chi connectivity index (χ4v) is 3.25. The van der Waals surface area contributed by atoms with Crippen molar-refractivity contribution in [2.45, 2.75) is 9.79 Å². The highest BCUT2D eigenvalue weighted by Gasteiger charge is 2.16. The minimum atomic E-state index is -3.63. The van der Waals surface area contributed by atoms with Gasteiger partial charge in [0.2, 0.25) is 0 Å². The minimum Gasteiger partial charge on any atom is -0.398 e. The molecule has 2 rings (SSSR count). The molecule has 8 heteroatoms. The summed E-state index contributed by atoms with van der Waals surface area (Å²) in [5.74, 6) is 0. The topological polar surface area (TPSA) is 85.1 Å². The molecule has 2 aromatic rings. The van der Waals surface area contributed by atoms with E-state index in [9.17, 15) is 8.42 Å². The van der Waals surface area contributed by atoms with Crippen LogP contribution < -0.4 is 10.5 Å². The molecule has 0 amide bonds. The van der Waals surface area contributed by atoms with Gasteiger partial charge in [-0.05, 0) is 18.2 Å². The molecule has 0 aliphatic rings. The van der Waals surface area contributed by atoms with Gasteiger partial charge in [-0.1, -0.05) is 0 Å². The van der Waals surface area contributed by atoms with E-state index < -0.39 is 10.0 Å². The van der Waals surface area contributed by atoms with Gasteiger partial charge in [0.05, 0.1) is 4.90 Å². The van der Waals surface area contributed by atoms with Crippen LogP contribution >= 0.6 is 24.0 Å². The Labute approximate surface area is 108 Å². The van der Waals surface area contributed by atoms with E-state index in [2.05, 4.69) is 22.3 Å². The molecule has 3 N–H and O–H groups in total. The number of hydrogen-bond donors (Lipinski definition) is 3. The first-order valence-corrected chi connectivity index (χ1v) is 7.31. The van der Waals surface area contributed by atoms with Gasteiger partial charge >= 0.3 is 0 Å². The van der Waals surface area contributed by atoms with Crippen LogP contribution in [0, 0.1) is 0 Å². The van der Waals surface area contributed by atoms with Crippen molar-refractivity contribution in [2.24, 2.45) is 0 Å². The molecule has 0 bridgehead atoms. The Morgan fingerprint density at radius 1 is 1.41 bits per heavy atom. The molecule has 0 radical (unpaired) electrons. The number of benzene rings is 1. The molecule has 90 valence electrons. The van der Waals surface area contributed by atoms with Crippen molar-refractivity contribution in [1.82, 2.24) is 4.98 Å². The number of aromatic nitrogens is 1. The second-order valence-corrected chi connectivity index (χ2v) is 6.22. The van der Waals surface area contributed by atoms with Crippen LogP contribution in [0.2, 0.25) is 0 Å². The van der Waals surface area contributed by atoms with Crippen LogP contribution in [-0.2, 0) is 10.0 Å². The van der Waals surface area contributed by atoms with E-state index in [1.165, 1.54) is 35.7 Å². The van der Waals surface area contributed by atoms with Crippen LogP contribution in [-0.4, -0.2) is 13.4 Å². The Morgan fingerprint density at radius 2 is 2.18 bits per heavy atom.